The van der Waals surface area contributed by atoms with Crippen molar-refractivity contribution in [2.45, 2.75) is 52.0 Å². The second kappa shape index (κ2) is 12.0. The zero-order chi connectivity index (χ0) is 20.6. The van der Waals surface area contributed by atoms with E-state index in [1.807, 2.05) is 18.5 Å². The van der Waals surface area contributed by atoms with Gasteiger partial charge >= 0.3 is 0 Å². The van der Waals surface area contributed by atoms with Crippen molar-refractivity contribution in [2.24, 2.45) is 4.99 Å². The number of nitrogens with zero attached hydrogens (tertiary/aromatic N) is 4. The second-order valence-corrected chi connectivity index (χ2v) is 7.02. The molecule has 2 atom stereocenters. The highest BCUT2D eigenvalue weighted by molar-refractivity contribution is 14.0. The van der Waals surface area contributed by atoms with Crippen molar-refractivity contribution < 1.29 is 13.9 Å². The van der Waals surface area contributed by atoms with Crippen LogP contribution in [-0.4, -0.2) is 53.1 Å². The van der Waals surface area contributed by atoms with Crippen molar-refractivity contribution in [1.29, 1.82) is 0 Å². The van der Waals surface area contributed by atoms with E-state index in [9.17, 15) is 4.39 Å². The van der Waals surface area contributed by atoms with Crippen LogP contribution in [0.25, 0.3) is 0 Å². The smallest absolute Gasteiger partial charge is 0.191 e. The maximum Gasteiger partial charge on any atom is 0.191 e. The van der Waals surface area contributed by atoms with Gasteiger partial charge in [0.2, 0.25) is 0 Å². The van der Waals surface area contributed by atoms with Gasteiger partial charge in [-0.05, 0) is 32.4 Å². The summed E-state index contributed by atoms with van der Waals surface area (Å²) in [5, 5.41) is 11.2. The number of fused-ring (bicyclic) bond motifs is 1. The van der Waals surface area contributed by atoms with Crippen molar-refractivity contribution in [3.8, 4) is 5.75 Å². The van der Waals surface area contributed by atoms with Gasteiger partial charge in [-0.3, -0.25) is 0 Å². The Kier molecular flexibility index (Phi) is 9.76. The SMILES string of the molecule is CCNC(=NCC(C)Oc1ccccc1F)NC1CCc2nc(COC)nn2C1.I. The monoisotopic (exact) mass is 532 g/mol. The summed E-state index contributed by atoms with van der Waals surface area (Å²) in [6, 6.07) is 6.59. The number of nitrogens with one attached hydrogen (secondary N) is 2. The lowest BCUT2D eigenvalue weighted by Crippen LogP contribution is -2.47. The molecule has 1 aromatic heterocycles. The Hall–Kier alpha value is -1.95. The minimum atomic E-state index is -0.368. The van der Waals surface area contributed by atoms with Crippen LogP contribution in [0.15, 0.2) is 29.3 Å². The summed E-state index contributed by atoms with van der Waals surface area (Å²) >= 11 is 0. The number of para-hydroxylation sites is 1. The molecule has 166 valence electrons. The van der Waals surface area contributed by atoms with Gasteiger partial charge in [-0.2, -0.15) is 5.10 Å². The highest BCUT2D eigenvalue weighted by atomic mass is 127. The van der Waals surface area contributed by atoms with E-state index in [1.165, 1.54) is 6.07 Å². The van der Waals surface area contributed by atoms with Crippen molar-refractivity contribution in [2.75, 3.05) is 20.2 Å². The van der Waals surface area contributed by atoms with Crippen LogP contribution in [0.4, 0.5) is 4.39 Å². The molecule has 8 nitrogen and oxygen atoms in total. The molecule has 10 heteroatoms. The third-order valence-corrected chi connectivity index (χ3v) is 4.53. The lowest BCUT2D eigenvalue weighted by atomic mass is 10.1. The molecule has 0 aliphatic carbocycles. The Labute approximate surface area is 193 Å². The molecule has 2 aromatic rings. The standard InChI is InChI=1S/C20H29FN6O2.HI/c1-4-22-20(23-11-14(2)29-17-8-6-5-7-16(17)21)24-15-9-10-19-25-18(13-28-3)26-27(19)12-15;/h5-8,14-15H,4,9-13H2,1-3H3,(H2,22,23,24);1H. The molecule has 2 N–H and O–H groups in total. The maximum absolute atomic E-state index is 13.7. The minimum Gasteiger partial charge on any atom is -0.486 e. The molecular weight excluding hydrogens is 502 g/mol. The molecule has 0 spiro atoms. The minimum absolute atomic E-state index is 0. The fraction of sp³-hybridized carbons (Fsp3) is 0.550. The summed E-state index contributed by atoms with van der Waals surface area (Å²) in [5.41, 5.74) is 0. The molecule has 1 aliphatic heterocycles. The number of rotatable bonds is 8. The molecule has 30 heavy (non-hydrogen) atoms. The Morgan fingerprint density at radius 1 is 1.40 bits per heavy atom. The van der Waals surface area contributed by atoms with Crippen LogP contribution >= 0.6 is 24.0 Å². The number of hydrogen-bond acceptors (Lipinski definition) is 5. The van der Waals surface area contributed by atoms with Crippen LogP contribution in [0.3, 0.4) is 0 Å². The predicted molar refractivity (Wildman–Crippen MR) is 124 cm³/mol. The van der Waals surface area contributed by atoms with Gasteiger partial charge in [0.15, 0.2) is 23.4 Å². The molecule has 0 saturated heterocycles. The Morgan fingerprint density at radius 3 is 2.93 bits per heavy atom. The maximum atomic E-state index is 13.7. The fourth-order valence-corrected chi connectivity index (χ4v) is 3.20. The highest BCUT2D eigenvalue weighted by Crippen LogP contribution is 2.17. The average molecular weight is 532 g/mol. The molecule has 2 heterocycles. The highest BCUT2D eigenvalue weighted by Gasteiger charge is 2.22. The molecular formula is C20H30FIN6O2. The van der Waals surface area contributed by atoms with E-state index in [1.54, 1.807) is 25.3 Å². The number of aryl methyl sites for hydroxylation is 1. The first-order chi connectivity index (χ1) is 14.1. The molecule has 0 saturated carbocycles. The Bertz CT molecular complexity index is 831. The molecule has 0 amide bonds. The van der Waals surface area contributed by atoms with Crippen LogP contribution in [0, 0.1) is 5.82 Å². The largest absolute Gasteiger partial charge is 0.486 e. The fourth-order valence-electron chi connectivity index (χ4n) is 3.20. The third-order valence-electron chi connectivity index (χ3n) is 4.53. The number of ether oxygens (including phenoxy) is 2. The summed E-state index contributed by atoms with van der Waals surface area (Å²) in [6.45, 7) is 6.18. The summed E-state index contributed by atoms with van der Waals surface area (Å²) in [7, 11) is 1.64. The van der Waals surface area contributed by atoms with Gasteiger partial charge in [0.1, 0.15) is 18.5 Å². The number of methoxy groups -OCH3 is 1. The average Bonchev–Trinajstić information content (AvgIpc) is 3.10. The number of aromatic nitrogens is 3. The van der Waals surface area contributed by atoms with Crippen LogP contribution < -0.4 is 15.4 Å². The number of benzene rings is 1. The van der Waals surface area contributed by atoms with Crippen molar-refractivity contribution >= 4 is 29.9 Å². The Balaban J connectivity index is 0.00000320. The molecule has 0 bridgehead atoms. The van der Waals surface area contributed by atoms with E-state index in [0.29, 0.717) is 24.9 Å². The lowest BCUT2D eigenvalue weighted by molar-refractivity contribution is 0.177. The molecule has 2 unspecified atom stereocenters. The van der Waals surface area contributed by atoms with E-state index < -0.39 is 0 Å². The molecule has 0 fully saturated rings. The zero-order valence-electron chi connectivity index (χ0n) is 17.6. The lowest BCUT2D eigenvalue weighted by Gasteiger charge is -2.25. The molecule has 3 rings (SSSR count). The van der Waals surface area contributed by atoms with Crippen molar-refractivity contribution in [1.82, 2.24) is 25.4 Å². The molecule has 1 aromatic carbocycles. The number of aliphatic imine (C=N–C) groups is 1. The topological polar surface area (TPSA) is 85.6 Å². The van der Waals surface area contributed by atoms with Gasteiger partial charge in [0.25, 0.3) is 0 Å². The third kappa shape index (κ3) is 6.79. The van der Waals surface area contributed by atoms with Gasteiger partial charge < -0.3 is 20.1 Å². The summed E-state index contributed by atoms with van der Waals surface area (Å²) < 4.78 is 26.5. The van der Waals surface area contributed by atoms with Crippen LogP contribution in [0.2, 0.25) is 0 Å². The van der Waals surface area contributed by atoms with E-state index >= 15 is 0 Å². The first kappa shape index (κ1) is 24.3. The first-order valence-electron chi connectivity index (χ1n) is 9.96. The van der Waals surface area contributed by atoms with Crippen LogP contribution in [0.1, 0.15) is 31.9 Å². The van der Waals surface area contributed by atoms with Gasteiger partial charge in [-0.1, -0.05) is 12.1 Å². The summed E-state index contributed by atoms with van der Waals surface area (Å²) in [6.07, 6.45) is 1.53. The normalized spacial score (nSPS) is 16.9. The number of halogens is 2. The van der Waals surface area contributed by atoms with Crippen molar-refractivity contribution in [3.05, 3.63) is 41.7 Å². The first-order valence-corrected chi connectivity index (χ1v) is 9.96. The van der Waals surface area contributed by atoms with Gasteiger partial charge in [-0.25, -0.2) is 19.0 Å². The van der Waals surface area contributed by atoms with Gasteiger partial charge in [0.05, 0.1) is 13.1 Å². The quantitative estimate of drug-likeness (QED) is 0.309. The van der Waals surface area contributed by atoms with Crippen LogP contribution in [0.5, 0.6) is 5.75 Å². The summed E-state index contributed by atoms with van der Waals surface area (Å²) in [5.74, 6) is 2.28. The van der Waals surface area contributed by atoms with E-state index in [2.05, 4.69) is 25.7 Å². The number of guanidine groups is 1. The van der Waals surface area contributed by atoms with E-state index in [-0.39, 0.29) is 47.7 Å². The van der Waals surface area contributed by atoms with E-state index in [0.717, 1.165) is 31.8 Å². The van der Waals surface area contributed by atoms with E-state index in [4.69, 9.17) is 9.47 Å². The zero-order valence-corrected chi connectivity index (χ0v) is 19.9. The second-order valence-electron chi connectivity index (χ2n) is 7.02. The number of hydrogen-bond donors (Lipinski definition) is 2. The van der Waals surface area contributed by atoms with Gasteiger partial charge in [-0.15, -0.1) is 24.0 Å². The Morgan fingerprint density at radius 2 is 2.20 bits per heavy atom. The van der Waals surface area contributed by atoms with Gasteiger partial charge in [0, 0.05) is 26.1 Å². The summed E-state index contributed by atoms with van der Waals surface area (Å²) in [4.78, 5) is 9.11. The van der Waals surface area contributed by atoms with Crippen LogP contribution in [-0.2, 0) is 24.3 Å². The molecule has 0 radical (unpaired) electrons. The molecule has 1 aliphatic rings. The predicted octanol–water partition coefficient (Wildman–Crippen LogP) is 2.52. The van der Waals surface area contributed by atoms with Crippen molar-refractivity contribution in [3.63, 3.8) is 0 Å².